The predicted molar refractivity (Wildman–Crippen MR) is 378 cm³/mol. The number of aromatic amines is 1. The van der Waals surface area contributed by atoms with Crippen molar-refractivity contribution in [2.75, 3.05) is 13.7 Å². The van der Waals surface area contributed by atoms with Crippen molar-refractivity contribution in [1.82, 2.24) is 9.97 Å². The summed E-state index contributed by atoms with van der Waals surface area (Å²) < 4.78 is 24.4. The number of nitrogens with zero attached hydrogens (tertiary/aromatic N) is 2. The molecule has 2 aromatic heterocycles. The number of phenols is 2. The molecule has 0 aliphatic heterocycles. The Kier molecular flexibility index (Phi) is 26.0. The molecule has 7 aromatic carbocycles. The number of aliphatic hydroxyl groups excluding tert-OH is 2. The molecule has 0 spiro atoms. The molecule has 0 amide bonds. The van der Waals surface area contributed by atoms with E-state index >= 15 is 0 Å². The molecule has 0 radical (unpaired) electrons. The SMILES string of the molecule is CC(=O)Oc1cc(C)cc(/C=C/c2ccc(C)cc2)c1.COCc1c(C(C)C)nc(C(C)C)c(/C=C/[C@@H](O)C[C@@H](O)CC(C)=O)c1-c1ccc(F)cc1.Cc1ccc(/C=C/c2cc(O)cc(O)c2)cc1.[C-]#[N+]CCc1ccc2c(c1)-c1[nH]c3ccc(C)cc3c1CC(=O)C2. The van der Waals surface area contributed by atoms with Gasteiger partial charge in [-0.25, -0.2) is 11.0 Å². The third-order valence-electron chi connectivity index (χ3n) is 15.6. The van der Waals surface area contributed by atoms with Gasteiger partial charge in [0.15, 0.2) is 0 Å². The van der Waals surface area contributed by atoms with Crippen LogP contribution in [0.1, 0.15) is 150 Å². The normalized spacial score (nSPS) is 12.5. The number of hydrogen-bond donors (Lipinski definition) is 5. The minimum atomic E-state index is -0.934. The average molecular weight is 1260 g/mol. The van der Waals surface area contributed by atoms with Crippen molar-refractivity contribution < 1.29 is 48.7 Å². The molecule has 10 rings (SSSR count). The summed E-state index contributed by atoms with van der Waals surface area (Å²) in [5.74, 6) is 0.465. The van der Waals surface area contributed by atoms with Crippen LogP contribution in [0.4, 0.5) is 4.39 Å². The van der Waals surface area contributed by atoms with Crippen LogP contribution in [0.5, 0.6) is 17.2 Å². The van der Waals surface area contributed by atoms with Crippen LogP contribution in [0, 0.1) is 40.1 Å². The first kappa shape index (κ1) is 71.6. The Balaban J connectivity index is 0.000000183. The van der Waals surface area contributed by atoms with E-state index in [0.717, 1.165) is 107 Å². The van der Waals surface area contributed by atoms with Gasteiger partial charge in [0.05, 0.1) is 30.2 Å². The highest BCUT2D eigenvalue weighted by Crippen LogP contribution is 2.39. The fourth-order valence-corrected chi connectivity index (χ4v) is 11.1. The van der Waals surface area contributed by atoms with Gasteiger partial charge in [0.2, 0.25) is 6.54 Å². The van der Waals surface area contributed by atoms with E-state index in [1.54, 1.807) is 37.5 Å². The number of Topliss-reactive ketones (excluding diaryl/α,β-unsaturated/α-hetero) is 2. The number of nitrogens with one attached hydrogen (secondary N) is 1. The summed E-state index contributed by atoms with van der Waals surface area (Å²) in [7, 11) is 1.63. The van der Waals surface area contributed by atoms with E-state index in [0.29, 0.717) is 31.7 Å². The van der Waals surface area contributed by atoms with Crippen molar-refractivity contribution in [2.45, 2.75) is 132 Å². The number of phenolic OH excluding ortho intramolecular Hbond substituents is 2. The van der Waals surface area contributed by atoms with E-state index in [-0.39, 0.29) is 59.5 Å². The molecule has 9 aromatic rings. The zero-order valence-electron chi connectivity index (χ0n) is 55.7. The molecule has 486 valence electrons. The fraction of sp³-hybridized carbons (Fsp3) is 0.272. The Morgan fingerprint density at radius 2 is 1.28 bits per heavy atom. The van der Waals surface area contributed by atoms with Crippen LogP contribution in [0.15, 0.2) is 152 Å². The first-order valence-corrected chi connectivity index (χ1v) is 31.6. The monoisotopic (exact) mass is 1260 g/mol. The number of methoxy groups -OCH3 is 1. The largest absolute Gasteiger partial charge is 0.508 e. The van der Waals surface area contributed by atoms with Crippen LogP contribution < -0.4 is 4.74 Å². The lowest BCUT2D eigenvalue weighted by Gasteiger charge is -2.23. The quantitative estimate of drug-likeness (QED) is 0.0240. The molecule has 0 saturated carbocycles. The number of aliphatic hydroxyl groups is 2. The summed E-state index contributed by atoms with van der Waals surface area (Å²) in [5, 5.41) is 40.3. The van der Waals surface area contributed by atoms with E-state index in [2.05, 4.69) is 118 Å². The van der Waals surface area contributed by atoms with E-state index < -0.39 is 12.2 Å². The Morgan fingerprint density at radius 1 is 0.681 bits per heavy atom. The molecule has 5 N–H and O–H groups in total. The second-order valence-corrected chi connectivity index (χ2v) is 24.6. The molecule has 94 heavy (non-hydrogen) atoms. The topological polar surface area (TPSA) is 184 Å². The number of hydrogen-bond acceptors (Lipinski definition) is 10. The highest BCUT2D eigenvalue weighted by atomic mass is 19.1. The van der Waals surface area contributed by atoms with Crippen molar-refractivity contribution in [2.24, 2.45) is 0 Å². The number of esters is 1. The third kappa shape index (κ3) is 21.1. The lowest BCUT2D eigenvalue weighted by Crippen LogP contribution is -2.18. The third-order valence-corrected chi connectivity index (χ3v) is 15.6. The van der Waals surface area contributed by atoms with Gasteiger partial charge in [-0.3, -0.25) is 19.4 Å². The van der Waals surface area contributed by atoms with Crippen LogP contribution in [-0.2, 0) is 45.0 Å². The van der Waals surface area contributed by atoms with Crippen LogP contribution in [-0.4, -0.2) is 73.8 Å². The summed E-state index contributed by atoms with van der Waals surface area (Å²) in [4.78, 5) is 46.7. The van der Waals surface area contributed by atoms with Gasteiger partial charge < -0.3 is 39.7 Å². The van der Waals surface area contributed by atoms with Crippen LogP contribution >= 0.6 is 0 Å². The van der Waals surface area contributed by atoms with Gasteiger partial charge in [0, 0.05) is 85.5 Å². The molecule has 12 nitrogen and oxygen atoms in total. The summed E-state index contributed by atoms with van der Waals surface area (Å²) >= 11 is 0. The Hall–Kier alpha value is -9.84. The number of aromatic nitrogens is 2. The number of benzene rings is 7. The van der Waals surface area contributed by atoms with E-state index in [4.69, 9.17) is 21.0 Å². The maximum absolute atomic E-state index is 13.7. The smallest absolute Gasteiger partial charge is 0.308 e. The van der Waals surface area contributed by atoms with Gasteiger partial charge in [-0.05, 0) is 157 Å². The number of ketones is 2. The highest BCUT2D eigenvalue weighted by molar-refractivity contribution is 5.99. The predicted octanol–water partition coefficient (Wildman–Crippen LogP) is 17.6. The molecule has 1 aliphatic rings. The van der Waals surface area contributed by atoms with Gasteiger partial charge in [-0.15, -0.1) is 0 Å². The van der Waals surface area contributed by atoms with Crippen LogP contribution in [0.2, 0.25) is 0 Å². The van der Waals surface area contributed by atoms with Crippen molar-refractivity contribution in [3.05, 3.63) is 253 Å². The number of rotatable bonds is 18. The standard InChI is InChI=1S/C27H36FNO4.C21H18N2O.C18H18O2.C15H14O2/c1-16(2)26-23(12-11-21(31)14-22(32)13-18(5)30)25(19-7-9-20(28)10-8-19)24(15-33-6)27(29-26)17(3)4;1-13-3-6-20-18(9-13)19-12-16(24)11-15-5-4-14(7-8-22-2)10-17(15)21(19)23-20;1-13-4-6-16(7-5-13)8-9-17-10-14(2)11-18(12-17)20-15(3)19;1-11-2-4-12(5-3-11)6-7-13-8-14(16)10-15(17)9-13/h7-12,16-17,21-22,31-32H,13-15H2,1-6H3;3-6,9-10,23H,7-8,11-12H2,1H3;4-12H,1-3H3;2-10,16-17H,1H3/b12-11+;;9-8+;7-6+/t21-,22+;;;/m1.../s1. The fourth-order valence-electron chi connectivity index (χ4n) is 11.1. The Morgan fingerprint density at radius 3 is 1.85 bits per heavy atom. The maximum Gasteiger partial charge on any atom is 0.308 e. The number of halogens is 1. The van der Waals surface area contributed by atoms with E-state index in [1.165, 1.54) is 48.7 Å². The summed E-state index contributed by atoms with van der Waals surface area (Å²) in [5.41, 5.74) is 20.6. The number of ether oxygens (including phenoxy) is 2. The van der Waals surface area contributed by atoms with E-state index in [1.807, 2.05) is 80.6 Å². The average Bonchev–Trinajstić information content (AvgIpc) is 1.43. The minimum absolute atomic E-state index is 0.00556. The molecule has 2 atom stereocenters. The zero-order chi connectivity index (χ0) is 68.2. The molecular weight excluding hydrogens is 1180 g/mol. The molecule has 1 aliphatic carbocycles. The molecule has 13 heteroatoms. The Bertz CT molecular complexity index is 4210. The minimum Gasteiger partial charge on any atom is -0.508 e. The number of H-pyrrole nitrogens is 1. The van der Waals surface area contributed by atoms with Crippen LogP contribution in [0.25, 0.3) is 68.5 Å². The second-order valence-electron chi connectivity index (χ2n) is 24.6. The number of fused-ring (bicyclic) bond motifs is 5. The highest BCUT2D eigenvalue weighted by Gasteiger charge is 2.25. The van der Waals surface area contributed by atoms with Crippen molar-refractivity contribution in [1.29, 1.82) is 0 Å². The van der Waals surface area contributed by atoms with Crippen LogP contribution in [0.3, 0.4) is 0 Å². The first-order chi connectivity index (χ1) is 44.9. The molecular formula is C81H86FN3O9. The van der Waals surface area contributed by atoms with Gasteiger partial charge in [-0.1, -0.05) is 166 Å². The second kappa shape index (κ2) is 34.2. The summed E-state index contributed by atoms with van der Waals surface area (Å²) in [6, 6.07) is 45.7. The zero-order valence-corrected chi connectivity index (χ0v) is 55.7. The van der Waals surface area contributed by atoms with Gasteiger partial charge in [0.1, 0.15) is 34.6 Å². The van der Waals surface area contributed by atoms with Gasteiger partial charge in [0.25, 0.3) is 0 Å². The van der Waals surface area contributed by atoms with Gasteiger partial charge >= 0.3 is 5.97 Å². The van der Waals surface area contributed by atoms with Crippen molar-refractivity contribution in [3.8, 4) is 39.6 Å². The molecule has 0 fully saturated rings. The molecule has 0 unspecified atom stereocenters. The molecule has 2 heterocycles. The lowest BCUT2D eigenvalue weighted by atomic mass is 9.87. The number of aryl methyl sites for hydroxylation is 4. The van der Waals surface area contributed by atoms with Crippen molar-refractivity contribution in [3.63, 3.8) is 0 Å². The number of carbonyl (C=O) groups is 3. The summed E-state index contributed by atoms with van der Waals surface area (Å²) in [6.45, 7) is 27.1. The molecule has 0 bridgehead atoms. The number of aromatic hydroxyl groups is 2. The van der Waals surface area contributed by atoms with E-state index in [9.17, 15) is 39.2 Å². The Labute approximate surface area is 552 Å². The summed E-state index contributed by atoms with van der Waals surface area (Å²) in [6.07, 6.45) is 11.2. The van der Waals surface area contributed by atoms with Crippen molar-refractivity contribution >= 4 is 58.8 Å². The molecule has 0 saturated heterocycles. The number of carbonyl (C=O) groups excluding carboxylic acids is 3. The van der Waals surface area contributed by atoms with Gasteiger partial charge in [-0.2, -0.15) is 0 Å². The lowest BCUT2D eigenvalue weighted by molar-refractivity contribution is -0.132. The first-order valence-electron chi connectivity index (χ1n) is 31.6. The number of pyridine rings is 1. The maximum atomic E-state index is 13.7.